The van der Waals surface area contributed by atoms with Crippen LogP contribution in [0.1, 0.15) is 27.8 Å². The first kappa shape index (κ1) is 26.6. The van der Waals surface area contributed by atoms with Crippen molar-refractivity contribution in [1.29, 1.82) is 0 Å². The number of aromatic nitrogens is 2. The molecule has 0 unspecified atom stereocenters. The highest BCUT2D eigenvalue weighted by atomic mass is 79.9. The molecule has 188 valence electrons. The largest absolute Gasteiger partial charge is 0.506 e. The molecule has 14 heteroatoms. The van der Waals surface area contributed by atoms with Crippen molar-refractivity contribution in [2.75, 3.05) is 4.90 Å². The number of hydrogen-bond donors (Lipinski definition) is 1. The van der Waals surface area contributed by atoms with Crippen LogP contribution in [0.4, 0.5) is 45.5 Å². The number of benzene rings is 2. The molecule has 0 saturated carbocycles. The van der Waals surface area contributed by atoms with Gasteiger partial charge in [-0.2, -0.15) is 39.5 Å². The Balaban J connectivity index is 2.10. The first-order chi connectivity index (χ1) is 16.1. The second-order valence-corrected chi connectivity index (χ2v) is 8.14. The summed E-state index contributed by atoms with van der Waals surface area (Å²) in [7, 11) is 0. The molecule has 0 fully saturated rings. The molecular formula is C21H13BrF9N3O. The third-order valence-corrected chi connectivity index (χ3v) is 5.29. The summed E-state index contributed by atoms with van der Waals surface area (Å²) in [6, 6.07) is 3.57. The molecule has 1 N–H and O–H groups in total. The van der Waals surface area contributed by atoms with Gasteiger partial charge >= 0.3 is 18.5 Å². The van der Waals surface area contributed by atoms with Crippen LogP contribution in [-0.2, 0) is 31.6 Å². The molecule has 0 radical (unpaired) electrons. The fourth-order valence-corrected chi connectivity index (χ4v) is 3.63. The van der Waals surface area contributed by atoms with Crippen molar-refractivity contribution >= 4 is 21.9 Å². The van der Waals surface area contributed by atoms with Crippen LogP contribution in [0.3, 0.4) is 0 Å². The third-order valence-electron chi connectivity index (χ3n) is 4.69. The molecule has 1 heterocycles. The van der Waals surface area contributed by atoms with Gasteiger partial charge in [0, 0.05) is 31.0 Å². The number of hydrogen-bond acceptors (Lipinski definition) is 4. The van der Waals surface area contributed by atoms with Crippen LogP contribution < -0.4 is 4.90 Å². The highest BCUT2D eigenvalue weighted by Gasteiger charge is 2.37. The van der Waals surface area contributed by atoms with E-state index in [9.17, 15) is 44.6 Å². The molecular weight excluding hydrogens is 561 g/mol. The fourth-order valence-electron chi connectivity index (χ4n) is 3.13. The van der Waals surface area contributed by atoms with E-state index in [-0.39, 0.29) is 22.1 Å². The van der Waals surface area contributed by atoms with E-state index in [0.717, 1.165) is 4.90 Å². The van der Waals surface area contributed by atoms with E-state index in [1.165, 1.54) is 18.5 Å². The average Bonchev–Trinajstić information content (AvgIpc) is 2.74. The Kier molecular flexibility index (Phi) is 7.25. The molecule has 0 aliphatic carbocycles. The molecule has 1 aromatic heterocycles. The van der Waals surface area contributed by atoms with Gasteiger partial charge in [-0.25, -0.2) is 9.97 Å². The van der Waals surface area contributed by atoms with Gasteiger partial charge in [-0.15, -0.1) is 0 Å². The summed E-state index contributed by atoms with van der Waals surface area (Å²) in [6.07, 6.45) is -12.5. The van der Waals surface area contributed by atoms with Gasteiger partial charge in [-0.05, 0) is 57.9 Å². The van der Waals surface area contributed by atoms with Crippen molar-refractivity contribution in [3.63, 3.8) is 0 Å². The van der Waals surface area contributed by atoms with Gasteiger partial charge in [0.15, 0.2) is 0 Å². The van der Waals surface area contributed by atoms with Crippen LogP contribution in [0.25, 0.3) is 0 Å². The van der Waals surface area contributed by atoms with Crippen molar-refractivity contribution < 1.29 is 44.6 Å². The summed E-state index contributed by atoms with van der Waals surface area (Å²) < 4.78 is 119. The van der Waals surface area contributed by atoms with E-state index in [4.69, 9.17) is 0 Å². The number of halogens is 10. The first-order valence-corrected chi connectivity index (χ1v) is 10.2. The van der Waals surface area contributed by atoms with Gasteiger partial charge in [-0.3, -0.25) is 0 Å². The molecule has 3 aromatic rings. The smallest absolute Gasteiger partial charge is 0.416 e. The summed E-state index contributed by atoms with van der Waals surface area (Å²) >= 11 is 2.82. The minimum absolute atomic E-state index is 0.0391. The Bertz CT molecular complexity index is 1160. The number of phenolic OH excluding ortho intramolecular Hbond substituents is 1. The van der Waals surface area contributed by atoms with Gasteiger partial charge < -0.3 is 10.0 Å². The Hall–Kier alpha value is -3.03. The van der Waals surface area contributed by atoms with Crippen LogP contribution in [0.2, 0.25) is 0 Å². The SMILES string of the molecule is Oc1c(Br)cc(C(F)(F)F)cc1CN(Cc1cc(C(F)(F)F)cc(C(F)(F)F)c1)c1ncccn1. The molecule has 35 heavy (non-hydrogen) atoms. The lowest BCUT2D eigenvalue weighted by atomic mass is 10.0. The van der Waals surface area contributed by atoms with Gasteiger partial charge in [0.1, 0.15) is 5.75 Å². The maximum atomic E-state index is 13.2. The topological polar surface area (TPSA) is 49.2 Å². The van der Waals surface area contributed by atoms with Gasteiger partial charge in [-0.1, -0.05) is 0 Å². The van der Waals surface area contributed by atoms with E-state index < -0.39 is 59.6 Å². The second kappa shape index (κ2) is 9.55. The molecule has 2 aromatic carbocycles. The van der Waals surface area contributed by atoms with Crippen LogP contribution >= 0.6 is 15.9 Å². The van der Waals surface area contributed by atoms with E-state index in [1.807, 2.05) is 0 Å². The zero-order valence-electron chi connectivity index (χ0n) is 17.1. The molecule has 4 nitrogen and oxygen atoms in total. The molecule has 0 spiro atoms. The Morgan fingerprint density at radius 2 is 1.20 bits per heavy atom. The molecule has 0 atom stereocenters. The highest BCUT2D eigenvalue weighted by Crippen LogP contribution is 2.39. The first-order valence-electron chi connectivity index (χ1n) is 9.44. The van der Waals surface area contributed by atoms with Gasteiger partial charge in [0.05, 0.1) is 21.2 Å². The number of rotatable bonds is 5. The lowest BCUT2D eigenvalue weighted by Gasteiger charge is -2.25. The summed E-state index contributed by atoms with van der Waals surface area (Å²) in [5.74, 6) is -0.801. The van der Waals surface area contributed by atoms with Crippen LogP contribution in [0.5, 0.6) is 5.75 Å². The summed E-state index contributed by atoms with van der Waals surface area (Å²) in [5, 5.41) is 10.3. The van der Waals surface area contributed by atoms with Gasteiger partial charge in [0.25, 0.3) is 0 Å². The molecule has 3 rings (SSSR count). The lowest BCUT2D eigenvalue weighted by Crippen LogP contribution is -2.25. The van der Waals surface area contributed by atoms with E-state index in [1.54, 1.807) is 0 Å². The number of aromatic hydroxyl groups is 1. The quantitative estimate of drug-likeness (QED) is 0.328. The van der Waals surface area contributed by atoms with Crippen LogP contribution in [0, 0.1) is 0 Å². The monoisotopic (exact) mass is 573 g/mol. The molecule has 0 saturated heterocycles. The summed E-state index contributed by atoms with van der Waals surface area (Å²) in [5.41, 5.74) is -5.02. The molecule has 0 aliphatic rings. The Labute approximate surface area is 200 Å². The Morgan fingerprint density at radius 1 is 0.714 bits per heavy atom. The third kappa shape index (κ3) is 6.55. The zero-order valence-corrected chi connectivity index (χ0v) is 18.7. The zero-order chi connectivity index (χ0) is 26.2. The molecule has 0 bridgehead atoms. The predicted octanol–water partition coefficient (Wildman–Crippen LogP) is 7.21. The van der Waals surface area contributed by atoms with Crippen molar-refractivity contribution in [1.82, 2.24) is 9.97 Å². The summed E-state index contributed by atoms with van der Waals surface area (Å²) in [6.45, 7) is -1.22. The second-order valence-electron chi connectivity index (χ2n) is 7.28. The van der Waals surface area contributed by atoms with Gasteiger partial charge in [0.2, 0.25) is 5.95 Å². The van der Waals surface area contributed by atoms with Crippen LogP contribution in [-0.4, -0.2) is 15.1 Å². The molecule has 0 aliphatic heterocycles. The normalized spacial score (nSPS) is 12.6. The van der Waals surface area contributed by atoms with E-state index in [0.29, 0.717) is 24.3 Å². The maximum absolute atomic E-state index is 13.2. The van der Waals surface area contributed by atoms with Crippen molar-refractivity contribution in [3.05, 3.63) is 81.1 Å². The lowest BCUT2D eigenvalue weighted by molar-refractivity contribution is -0.143. The standard InChI is InChI=1S/C21H13BrF9N3O/c22-16-8-15(21(29,30)31)6-12(17(16)35)10-34(18-32-2-1-3-33-18)9-11-4-13(19(23,24)25)7-14(5-11)20(26,27)28/h1-8,35H,9-10H2. The number of nitrogens with zero attached hydrogens (tertiary/aromatic N) is 3. The maximum Gasteiger partial charge on any atom is 0.416 e. The summed E-state index contributed by atoms with van der Waals surface area (Å²) in [4.78, 5) is 8.82. The van der Waals surface area contributed by atoms with Crippen molar-refractivity contribution in [2.24, 2.45) is 0 Å². The minimum Gasteiger partial charge on any atom is -0.506 e. The van der Waals surface area contributed by atoms with Crippen molar-refractivity contribution in [3.8, 4) is 5.75 Å². The number of alkyl halides is 9. The predicted molar refractivity (Wildman–Crippen MR) is 109 cm³/mol. The van der Waals surface area contributed by atoms with E-state index in [2.05, 4.69) is 25.9 Å². The van der Waals surface area contributed by atoms with Crippen molar-refractivity contribution in [2.45, 2.75) is 31.6 Å². The van der Waals surface area contributed by atoms with E-state index >= 15 is 0 Å². The minimum atomic E-state index is -5.09. The average molecular weight is 574 g/mol. The number of anilines is 1. The molecule has 0 amide bonds. The highest BCUT2D eigenvalue weighted by molar-refractivity contribution is 9.10. The fraction of sp³-hybridized carbons (Fsp3) is 0.238. The number of phenols is 1. The Morgan fingerprint density at radius 3 is 1.69 bits per heavy atom. The van der Waals surface area contributed by atoms with Crippen LogP contribution in [0.15, 0.2) is 53.3 Å².